The first-order chi connectivity index (χ1) is 8.29. The molecule has 1 aromatic carbocycles. The Balaban J connectivity index is 1.96. The molecule has 0 spiro atoms. The molecule has 1 unspecified atom stereocenters. The number of furan rings is 1. The first kappa shape index (κ1) is 10.8. The van der Waals surface area contributed by atoms with Crippen LogP contribution in [0.15, 0.2) is 34.9 Å². The van der Waals surface area contributed by atoms with Crippen LogP contribution in [0.25, 0.3) is 11.0 Å². The monoisotopic (exact) mass is 230 g/mol. The molecular formula is C14H18N2O. The summed E-state index contributed by atoms with van der Waals surface area (Å²) < 4.78 is 5.61. The van der Waals surface area contributed by atoms with E-state index in [0.29, 0.717) is 18.0 Å². The van der Waals surface area contributed by atoms with Gasteiger partial charge in [-0.1, -0.05) is 18.2 Å². The van der Waals surface area contributed by atoms with E-state index in [2.05, 4.69) is 17.4 Å². The maximum atomic E-state index is 5.88. The van der Waals surface area contributed by atoms with Crippen LogP contribution in [0, 0.1) is 5.92 Å². The lowest BCUT2D eigenvalue weighted by Gasteiger charge is -2.38. The molecule has 3 nitrogen and oxygen atoms in total. The van der Waals surface area contributed by atoms with Gasteiger partial charge in [0.25, 0.3) is 0 Å². The molecule has 0 amide bonds. The summed E-state index contributed by atoms with van der Waals surface area (Å²) in [5.41, 5.74) is 8.10. The predicted molar refractivity (Wildman–Crippen MR) is 68.7 cm³/mol. The molecule has 0 bridgehead atoms. The molecule has 2 aromatic rings. The largest absolute Gasteiger partial charge is 0.464 e. The second-order valence-corrected chi connectivity index (χ2v) is 4.95. The number of rotatable bonds is 3. The zero-order valence-electron chi connectivity index (χ0n) is 10.0. The van der Waals surface area contributed by atoms with Gasteiger partial charge in [0.1, 0.15) is 5.58 Å². The van der Waals surface area contributed by atoms with Gasteiger partial charge in [-0.25, -0.2) is 0 Å². The predicted octanol–water partition coefficient (Wildman–Crippen LogP) is 2.43. The van der Waals surface area contributed by atoms with Gasteiger partial charge in [0.05, 0.1) is 6.26 Å². The molecule has 3 heteroatoms. The minimum Gasteiger partial charge on any atom is -0.464 e. The first-order valence-electron chi connectivity index (χ1n) is 6.18. The summed E-state index contributed by atoms with van der Waals surface area (Å²) in [6, 6.07) is 8.94. The van der Waals surface area contributed by atoms with Crippen LogP contribution < -0.4 is 11.1 Å². The van der Waals surface area contributed by atoms with Gasteiger partial charge in [0.15, 0.2) is 0 Å². The summed E-state index contributed by atoms with van der Waals surface area (Å²) in [5, 5.41) is 4.62. The number of benzene rings is 1. The second-order valence-electron chi connectivity index (χ2n) is 4.95. The molecular weight excluding hydrogens is 212 g/mol. The number of hydrogen-bond donors (Lipinski definition) is 2. The maximum Gasteiger partial charge on any atom is 0.134 e. The van der Waals surface area contributed by atoms with Crippen LogP contribution >= 0.6 is 0 Å². The third kappa shape index (κ3) is 1.75. The molecule has 1 aliphatic rings. The summed E-state index contributed by atoms with van der Waals surface area (Å²) in [6.45, 7) is 0. The van der Waals surface area contributed by atoms with Gasteiger partial charge in [-0.3, -0.25) is 0 Å². The quantitative estimate of drug-likeness (QED) is 0.851. The highest BCUT2D eigenvalue weighted by molar-refractivity contribution is 5.81. The van der Waals surface area contributed by atoms with Crippen molar-refractivity contribution in [1.82, 2.24) is 5.32 Å². The highest BCUT2D eigenvalue weighted by atomic mass is 16.3. The van der Waals surface area contributed by atoms with Gasteiger partial charge in [-0.05, 0) is 31.9 Å². The highest BCUT2D eigenvalue weighted by Crippen LogP contribution is 2.39. The van der Waals surface area contributed by atoms with Gasteiger partial charge < -0.3 is 15.5 Å². The van der Waals surface area contributed by atoms with Crippen molar-refractivity contribution < 1.29 is 4.42 Å². The molecule has 90 valence electrons. The summed E-state index contributed by atoms with van der Waals surface area (Å²) in [6.07, 6.45) is 4.09. The van der Waals surface area contributed by atoms with E-state index < -0.39 is 0 Å². The molecule has 1 atom stereocenters. The Morgan fingerprint density at radius 1 is 1.35 bits per heavy atom. The third-order valence-corrected chi connectivity index (χ3v) is 3.84. The number of para-hydroxylation sites is 1. The Morgan fingerprint density at radius 3 is 2.82 bits per heavy atom. The van der Waals surface area contributed by atoms with E-state index in [-0.39, 0.29) is 0 Å². The van der Waals surface area contributed by atoms with E-state index >= 15 is 0 Å². The van der Waals surface area contributed by atoms with Crippen molar-refractivity contribution in [2.75, 3.05) is 7.05 Å². The van der Waals surface area contributed by atoms with Crippen LogP contribution in [0.5, 0.6) is 0 Å². The van der Waals surface area contributed by atoms with E-state index in [1.807, 2.05) is 25.4 Å². The van der Waals surface area contributed by atoms with Crippen molar-refractivity contribution in [3.8, 4) is 0 Å². The molecule has 0 aliphatic heterocycles. The Kier molecular flexibility index (Phi) is 2.65. The molecule has 3 N–H and O–H groups in total. The summed E-state index contributed by atoms with van der Waals surface area (Å²) in [4.78, 5) is 0. The minimum absolute atomic E-state index is 0.360. The Morgan fingerprint density at radius 2 is 2.12 bits per heavy atom. The summed E-state index contributed by atoms with van der Waals surface area (Å²) >= 11 is 0. The molecule has 1 saturated carbocycles. The van der Waals surface area contributed by atoms with E-state index in [9.17, 15) is 0 Å². The molecule has 1 aliphatic carbocycles. The standard InChI is InChI=1S/C14H18N2O/c1-16-14(9-6-10(15)7-9)12-8-17-13-5-3-2-4-11(12)13/h2-5,8-10,14,16H,6-7,15H2,1H3. The lowest BCUT2D eigenvalue weighted by molar-refractivity contribution is 0.204. The normalized spacial score (nSPS) is 25.8. The van der Waals surface area contributed by atoms with Crippen LogP contribution in [-0.2, 0) is 0 Å². The molecule has 1 fully saturated rings. The Labute approximate surface area is 101 Å². The third-order valence-electron chi connectivity index (χ3n) is 3.84. The molecule has 1 heterocycles. The molecule has 1 aromatic heterocycles. The summed E-state index contributed by atoms with van der Waals surface area (Å²) in [7, 11) is 2.01. The van der Waals surface area contributed by atoms with E-state index in [4.69, 9.17) is 10.2 Å². The zero-order valence-corrected chi connectivity index (χ0v) is 10.0. The zero-order chi connectivity index (χ0) is 11.8. The van der Waals surface area contributed by atoms with Crippen molar-refractivity contribution in [3.05, 3.63) is 36.1 Å². The number of nitrogens with one attached hydrogen (secondary N) is 1. The average Bonchev–Trinajstić information content (AvgIpc) is 2.72. The molecule has 3 rings (SSSR count). The van der Waals surface area contributed by atoms with Gasteiger partial charge in [-0.15, -0.1) is 0 Å². The van der Waals surface area contributed by atoms with Gasteiger partial charge >= 0.3 is 0 Å². The summed E-state index contributed by atoms with van der Waals surface area (Å²) in [5.74, 6) is 0.635. The molecule has 0 saturated heterocycles. The van der Waals surface area contributed by atoms with Gasteiger partial charge in [0.2, 0.25) is 0 Å². The van der Waals surface area contributed by atoms with Crippen molar-refractivity contribution in [2.45, 2.75) is 24.9 Å². The van der Waals surface area contributed by atoms with E-state index in [0.717, 1.165) is 18.4 Å². The van der Waals surface area contributed by atoms with E-state index in [1.54, 1.807) is 0 Å². The van der Waals surface area contributed by atoms with Gasteiger partial charge in [-0.2, -0.15) is 0 Å². The topological polar surface area (TPSA) is 51.2 Å². The molecule has 17 heavy (non-hydrogen) atoms. The fourth-order valence-corrected chi connectivity index (χ4v) is 2.87. The first-order valence-corrected chi connectivity index (χ1v) is 6.18. The highest BCUT2D eigenvalue weighted by Gasteiger charge is 2.34. The number of hydrogen-bond acceptors (Lipinski definition) is 3. The Hall–Kier alpha value is -1.32. The van der Waals surface area contributed by atoms with Crippen molar-refractivity contribution in [1.29, 1.82) is 0 Å². The van der Waals surface area contributed by atoms with Crippen molar-refractivity contribution >= 4 is 11.0 Å². The lowest BCUT2D eigenvalue weighted by atomic mass is 9.74. The van der Waals surface area contributed by atoms with Crippen LogP contribution in [0.1, 0.15) is 24.4 Å². The van der Waals surface area contributed by atoms with E-state index in [1.165, 1.54) is 10.9 Å². The SMILES string of the molecule is CNC(c1coc2ccccc12)C1CC(N)C1. The van der Waals surface area contributed by atoms with Crippen LogP contribution in [0.2, 0.25) is 0 Å². The van der Waals surface area contributed by atoms with Crippen molar-refractivity contribution in [3.63, 3.8) is 0 Å². The number of nitrogens with two attached hydrogens (primary N) is 1. The maximum absolute atomic E-state index is 5.88. The smallest absolute Gasteiger partial charge is 0.134 e. The molecule has 0 radical (unpaired) electrons. The lowest BCUT2D eigenvalue weighted by Crippen LogP contribution is -2.42. The Bertz CT molecular complexity index is 514. The van der Waals surface area contributed by atoms with Crippen molar-refractivity contribution in [2.24, 2.45) is 11.7 Å². The van der Waals surface area contributed by atoms with Crippen LogP contribution in [-0.4, -0.2) is 13.1 Å². The second kappa shape index (κ2) is 4.17. The van der Waals surface area contributed by atoms with Gasteiger partial charge in [0, 0.05) is 23.0 Å². The average molecular weight is 230 g/mol. The minimum atomic E-state index is 0.360. The fraction of sp³-hybridized carbons (Fsp3) is 0.429. The van der Waals surface area contributed by atoms with Crippen LogP contribution in [0.4, 0.5) is 0 Å². The number of fused-ring (bicyclic) bond motifs is 1. The fourth-order valence-electron chi connectivity index (χ4n) is 2.87. The van der Waals surface area contributed by atoms with Crippen LogP contribution in [0.3, 0.4) is 0 Å².